The SMILES string of the molecule is COc1cccc(CN(C(=O)c2ccccc2)C(C(N)=O)c2cccc(F)c2)c1. The molecule has 29 heavy (non-hydrogen) atoms. The van der Waals surface area contributed by atoms with Crippen molar-refractivity contribution in [2.75, 3.05) is 7.11 Å². The average molecular weight is 392 g/mol. The van der Waals surface area contributed by atoms with Gasteiger partial charge in [-0.25, -0.2) is 4.39 Å². The van der Waals surface area contributed by atoms with Crippen LogP contribution in [0, 0.1) is 5.82 Å². The molecule has 2 amide bonds. The van der Waals surface area contributed by atoms with Gasteiger partial charge in [-0.05, 0) is 47.5 Å². The second-order valence-corrected chi connectivity index (χ2v) is 6.51. The maximum absolute atomic E-state index is 13.8. The Morgan fingerprint density at radius 3 is 2.38 bits per heavy atom. The summed E-state index contributed by atoms with van der Waals surface area (Å²) in [4.78, 5) is 27.0. The molecule has 3 aromatic rings. The van der Waals surface area contributed by atoms with Gasteiger partial charge in [0, 0.05) is 12.1 Å². The Morgan fingerprint density at radius 2 is 1.72 bits per heavy atom. The van der Waals surface area contributed by atoms with E-state index in [1.165, 1.54) is 23.1 Å². The number of ether oxygens (including phenoxy) is 1. The van der Waals surface area contributed by atoms with Gasteiger partial charge >= 0.3 is 0 Å². The number of methoxy groups -OCH3 is 1. The minimum Gasteiger partial charge on any atom is -0.497 e. The maximum atomic E-state index is 13.8. The number of hydrogen-bond acceptors (Lipinski definition) is 3. The van der Waals surface area contributed by atoms with Crippen LogP contribution in [0.4, 0.5) is 4.39 Å². The number of primary amides is 1. The first kappa shape index (κ1) is 20.1. The van der Waals surface area contributed by atoms with Gasteiger partial charge in [0.05, 0.1) is 7.11 Å². The molecule has 6 heteroatoms. The standard InChI is InChI=1S/C23H21FN2O3/c1-29-20-12-5-7-16(13-20)15-26(23(28)17-8-3-2-4-9-17)21(22(25)27)18-10-6-11-19(24)14-18/h2-14,21H,15H2,1H3,(H2,25,27). The second-order valence-electron chi connectivity index (χ2n) is 6.51. The van der Waals surface area contributed by atoms with Crippen LogP contribution in [0.2, 0.25) is 0 Å². The fourth-order valence-electron chi connectivity index (χ4n) is 3.17. The van der Waals surface area contributed by atoms with Crippen molar-refractivity contribution in [3.05, 3.63) is 101 Å². The summed E-state index contributed by atoms with van der Waals surface area (Å²) in [7, 11) is 1.55. The molecule has 3 aromatic carbocycles. The van der Waals surface area contributed by atoms with Crippen molar-refractivity contribution in [3.8, 4) is 5.75 Å². The van der Waals surface area contributed by atoms with Gasteiger partial charge in [0.15, 0.2) is 0 Å². The number of halogens is 1. The van der Waals surface area contributed by atoms with Crippen LogP contribution < -0.4 is 10.5 Å². The fraction of sp³-hybridized carbons (Fsp3) is 0.130. The van der Waals surface area contributed by atoms with E-state index in [-0.39, 0.29) is 12.5 Å². The van der Waals surface area contributed by atoms with Crippen molar-refractivity contribution < 1.29 is 18.7 Å². The van der Waals surface area contributed by atoms with E-state index >= 15 is 0 Å². The monoisotopic (exact) mass is 392 g/mol. The van der Waals surface area contributed by atoms with E-state index < -0.39 is 17.8 Å². The van der Waals surface area contributed by atoms with Crippen LogP contribution in [0.3, 0.4) is 0 Å². The van der Waals surface area contributed by atoms with E-state index in [2.05, 4.69) is 0 Å². The number of benzene rings is 3. The maximum Gasteiger partial charge on any atom is 0.255 e. The van der Waals surface area contributed by atoms with Crippen molar-refractivity contribution >= 4 is 11.8 Å². The van der Waals surface area contributed by atoms with Crippen molar-refractivity contribution in [1.29, 1.82) is 0 Å². The molecule has 0 fully saturated rings. The molecule has 0 bridgehead atoms. The van der Waals surface area contributed by atoms with Crippen LogP contribution in [0.5, 0.6) is 5.75 Å². The molecule has 1 atom stereocenters. The summed E-state index contributed by atoms with van der Waals surface area (Å²) in [6.07, 6.45) is 0. The molecule has 0 aromatic heterocycles. The zero-order valence-electron chi connectivity index (χ0n) is 15.9. The zero-order chi connectivity index (χ0) is 20.8. The smallest absolute Gasteiger partial charge is 0.255 e. The van der Waals surface area contributed by atoms with Crippen LogP contribution >= 0.6 is 0 Å². The topological polar surface area (TPSA) is 72.6 Å². The van der Waals surface area contributed by atoms with Crippen LogP contribution in [-0.4, -0.2) is 23.8 Å². The summed E-state index contributed by atoms with van der Waals surface area (Å²) in [5.74, 6) is -1.03. The quantitative estimate of drug-likeness (QED) is 0.666. The van der Waals surface area contributed by atoms with Gasteiger partial charge in [-0.3, -0.25) is 9.59 Å². The van der Waals surface area contributed by atoms with Gasteiger partial charge in [-0.15, -0.1) is 0 Å². The van der Waals surface area contributed by atoms with E-state index in [1.807, 2.05) is 6.07 Å². The van der Waals surface area contributed by atoms with Crippen LogP contribution in [0.1, 0.15) is 27.5 Å². The lowest BCUT2D eigenvalue weighted by molar-refractivity contribution is -0.122. The molecule has 0 saturated carbocycles. The predicted octanol–water partition coefficient (Wildman–Crippen LogP) is 3.70. The van der Waals surface area contributed by atoms with Gasteiger partial charge in [0.25, 0.3) is 5.91 Å². The van der Waals surface area contributed by atoms with Gasteiger partial charge in [-0.2, -0.15) is 0 Å². The molecule has 3 rings (SSSR count). The lowest BCUT2D eigenvalue weighted by Gasteiger charge is -2.30. The Kier molecular flexibility index (Phi) is 6.24. The Bertz CT molecular complexity index is 1010. The summed E-state index contributed by atoms with van der Waals surface area (Å²) in [6.45, 7) is 0.0923. The average Bonchev–Trinajstić information content (AvgIpc) is 2.73. The van der Waals surface area contributed by atoms with Gasteiger partial charge in [-0.1, -0.05) is 42.5 Å². The number of carbonyl (C=O) groups excluding carboxylic acids is 2. The van der Waals surface area contributed by atoms with Gasteiger partial charge in [0.2, 0.25) is 5.91 Å². The highest BCUT2D eigenvalue weighted by Crippen LogP contribution is 2.26. The molecule has 0 radical (unpaired) electrons. The summed E-state index contributed by atoms with van der Waals surface area (Å²) < 4.78 is 19.1. The Balaban J connectivity index is 2.07. The van der Waals surface area contributed by atoms with Gasteiger partial charge in [0.1, 0.15) is 17.6 Å². The molecule has 148 valence electrons. The number of hydrogen-bond donors (Lipinski definition) is 1. The molecule has 0 aliphatic rings. The molecular formula is C23H21FN2O3. The molecule has 1 unspecified atom stereocenters. The molecule has 0 aliphatic heterocycles. The molecule has 2 N–H and O–H groups in total. The largest absolute Gasteiger partial charge is 0.497 e. The highest BCUT2D eigenvalue weighted by atomic mass is 19.1. The molecule has 0 heterocycles. The third-order valence-electron chi connectivity index (χ3n) is 4.51. The van der Waals surface area contributed by atoms with E-state index in [4.69, 9.17) is 10.5 Å². The molecule has 0 spiro atoms. The summed E-state index contributed by atoms with van der Waals surface area (Å²) in [6, 6.07) is 20.2. The molecule has 0 aliphatic carbocycles. The first-order chi connectivity index (χ1) is 14.0. The minimum absolute atomic E-state index is 0.0923. The summed E-state index contributed by atoms with van der Waals surface area (Å²) in [5, 5.41) is 0. The number of amides is 2. The van der Waals surface area contributed by atoms with E-state index in [0.29, 0.717) is 16.9 Å². The highest BCUT2D eigenvalue weighted by Gasteiger charge is 2.31. The normalized spacial score (nSPS) is 11.5. The lowest BCUT2D eigenvalue weighted by Crippen LogP contribution is -2.41. The number of nitrogens with zero attached hydrogens (tertiary/aromatic N) is 1. The third-order valence-corrected chi connectivity index (χ3v) is 4.51. The fourth-order valence-corrected chi connectivity index (χ4v) is 3.17. The lowest BCUT2D eigenvalue weighted by atomic mass is 10.0. The first-order valence-electron chi connectivity index (χ1n) is 9.03. The summed E-state index contributed by atoms with van der Waals surface area (Å²) >= 11 is 0. The molecular weight excluding hydrogens is 371 g/mol. The minimum atomic E-state index is -1.13. The Labute approximate surface area is 168 Å². The highest BCUT2D eigenvalue weighted by molar-refractivity contribution is 5.97. The van der Waals surface area contributed by atoms with E-state index in [1.54, 1.807) is 61.7 Å². The number of carbonyl (C=O) groups is 2. The first-order valence-corrected chi connectivity index (χ1v) is 9.03. The van der Waals surface area contributed by atoms with Crippen molar-refractivity contribution in [2.24, 2.45) is 5.73 Å². The molecule has 5 nitrogen and oxygen atoms in total. The van der Waals surface area contributed by atoms with Crippen molar-refractivity contribution in [1.82, 2.24) is 4.90 Å². The summed E-state index contributed by atoms with van der Waals surface area (Å²) in [5.41, 5.74) is 7.12. The second kappa shape index (κ2) is 9.01. The van der Waals surface area contributed by atoms with E-state index in [0.717, 1.165) is 5.56 Å². The van der Waals surface area contributed by atoms with E-state index in [9.17, 15) is 14.0 Å². The zero-order valence-corrected chi connectivity index (χ0v) is 15.9. The Hall–Kier alpha value is -3.67. The van der Waals surface area contributed by atoms with Crippen molar-refractivity contribution in [2.45, 2.75) is 12.6 Å². The number of nitrogens with two attached hydrogens (primary N) is 1. The predicted molar refractivity (Wildman–Crippen MR) is 108 cm³/mol. The Morgan fingerprint density at radius 1 is 1.00 bits per heavy atom. The van der Waals surface area contributed by atoms with Crippen LogP contribution in [-0.2, 0) is 11.3 Å². The van der Waals surface area contributed by atoms with Crippen molar-refractivity contribution in [3.63, 3.8) is 0 Å². The molecule has 0 saturated heterocycles. The van der Waals surface area contributed by atoms with Gasteiger partial charge < -0.3 is 15.4 Å². The number of rotatable bonds is 7. The third kappa shape index (κ3) is 4.79. The van der Waals surface area contributed by atoms with Crippen LogP contribution in [0.15, 0.2) is 78.9 Å². The van der Waals surface area contributed by atoms with Crippen LogP contribution in [0.25, 0.3) is 0 Å².